The minimum absolute atomic E-state index is 0.117. The fourth-order valence-electron chi connectivity index (χ4n) is 3.06. The third kappa shape index (κ3) is 4.19. The van der Waals surface area contributed by atoms with Crippen molar-refractivity contribution in [2.75, 3.05) is 13.1 Å². The van der Waals surface area contributed by atoms with E-state index >= 15 is 0 Å². The summed E-state index contributed by atoms with van der Waals surface area (Å²) in [5, 5.41) is 14.2. The molecule has 0 aliphatic carbocycles. The first kappa shape index (κ1) is 17.2. The average molecular weight is 326 g/mol. The van der Waals surface area contributed by atoms with E-state index in [0.717, 1.165) is 19.4 Å². The number of nitrogens with one attached hydrogen (secondary N) is 2. The van der Waals surface area contributed by atoms with Crippen LogP contribution in [0.15, 0.2) is 0 Å². The Balaban J connectivity index is 2.00. The van der Waals surface area contributed by atoms with Crippen LogP contribution in [0, 0.1) is 0 Å². The van der Waals surface area contributed by atoms with E-state index in [1.165, 1.54) is 4.90 Å². The molecule has 0 radical (unpaired) electrons. The Labute approximate surface area is 133 Å². The van der Waals surface area contributed by atoms with Crippen molar-refractivity contribution in [2.24, 2.45) is 5.73 Å². The second-order valence-electron chi connectivity index (χ2n) is 5.90. The van der Waals surface area contributed by atoms with E-state index in [1.807, 2.05) is 0 Å². The van der Waals surface area contributed by atoms with Crippen molar-refractivity contribution in [2.45, 2.75) is 50.2 Å². The molecular formula is C14H22N4O5. The van der Waals surface area contributed by atoms with Gasteiger partial charge in [0.25, 0.3) is 0 Å². The van der Waals surface area contributed by atoms with Gasteiger partial charge in [0.1, 0.15) is 12.1 Å². The molecule has 2 heterocycles. The van der Waals surface area contributed by atoms with Gasteiger partial charge < -0.3 is 26.4 Å². The first-order valence-electron chi connectivity index (χ1n) is 7.75. The molecule has 0 saturated carbocycles. The van der Waals surface area contributed by atoms with Crippen LogP contribution < -0.4 is 16.4 Å². The molecule has 0 aromatic carbocycles. The van der Waals surface area contributed by atoms with E-state index in [-0.39, 0.29) is 11.9 Å². The van der Waals surface area contributed by atoms with Gasteiger partial charge in [-0.25, -0.2) is 0 Å². The predicted octanol–water partition coefficient (Wildman–Crippen LogP) is -1.83. The molecule has 0 aromatic heterocycles. The average Bonchev–Trinajstić information content (AvgIpc) is 3.16. The molecule has 3 amide bonds. The number of carboxylic acid groups (broad SMARTS) is 1. The molecule has 128 valence electrons. The van der Waals surface area contributed by atoms with Gasteiger partial charge in [-0.1, -0.05) is 0 Å². The van der Waals surface area contributed by atoms with Crippen molar-refractivity contribution in [1.82, 2.24) is 15.5 Å². The Morgan fingerprint density at radius 3 is 2.57 bits per heavy atom. The summed E-state index contributed by atoms with van der Waals surface area (Å²) in [6.45, 7) is 1.26. The highest BCUT2D eigenvalue weighted by atomic mass is 16.4. The molecular weight excluding hydrogens is 304 g/mol. The molecule has 0 aromatic rings. The first-order chi connectivity index (χ1) is 10.9. The summed E-state index contributed by atoms with van der Waals surface area (Å²) in [6, 6.07) is -2.22. The maximum absolute atomic E-state index is 12.5. The molecule has 0 bridgehead atoms. The third-order valence-corrected chi connectivity index (χ3v) is 4.24. The molecule has 2 fully saturated rings. The molecule has 3 atom stereocenters. The number of rotatable bonds is 6. The molecule has 5 N–H and O–H groups in total. The molecule has 9 heteroatoms. The topological polar surface area (TPSA) is 142 Å². The van der Waals surface area contributed by atoms with Crippen LogP contribution in [0.2, 0.25) is 0 Å². The van der Waals surface area contributed by atoms with Gasteiger partial charge in [-0.2, -0.15) is 0 Å². The Morgan fingerprint density at radius 2 is 2.00 bits per heavy atom. The lowest BCUT2D eigenvalue weighted by Gasteiger charge is -2.27. The summed E-state index contributed by atoms with van der Waals surface area (Å²) < 4.78 is 0. The number of nitrogens with zero attached hydrogens (tertiary/aromatic N) is 1. The molecule has 9 nitrogen and oxygen atoms in total. The van der Waals surface area contributed by atoms with E-state index in [2.05, 4.69) is 10.6 Å². The van der Waals surface area contributed by atoms with Crippen LogP contribution in [-0.2, 0) is 19.2 Å². The van der Waals surface area contributed by atoms with Gasteiger partial charge in [-0.05, 0) is 32.2 Å². The van der Waals surface area contributed by atoms with E-state index in [4.69, 9.17) is 10.8 Å². The van der Waals surface area contributed by atoms with Gasteiger partial charge in [0, 0.05) is 6.54 Å². The SMILES string of the molecule is NC(=O)[C@H](CC(=O)O)NC(=O)C1CCCN1C(=O)[C@H]1CCCN1. The quantitative estimate of drug-likeness (QED) is 0.452. The molecule has 2 saturated heterocycles. The van der Waals surface area contributed by atoms with Crippen molar-refractivity contribution in [3.8, 4) is 0 Å². The van der Waals surface area contributed by atoms with Gasteiger partial charge in [-0.3, -0.25) is 19.2 Å². The van der Waals surface area contributed by atoms with Crippen LogP contribution in [-0.4, -0.2) is 64.9 Å². The zero-order chi connectivity index (χ0) is 17.0. The monoisotopic (exact) mass is 326 g/mol. The lowest BCUT2D eigenvalue weighted by Crippen LogP contribution is -2.55. The van der Waals surface area contributed by atoms with E-state index in [1.54, 1.807) is 0 Å². The van der Waals surface area contributed by atoms with Gasteiger partial charge >= 0.3 is 5.97 Å². The highest BCUT2D eigenvalue weighted by Gasteiger charge is 2.38. The zero-order valence-electron chi connectivity index (χ0n) is 12.8. The maximum Gasteiger partial charge on any atom is 0.305 e. The second-order valence-corrected chi connectivity index (χ2v) is 5.90. The van der Waals surface area contributed by atoms with E-state index in [0.29, 0.717) is 19.4 Å². The lowest BCUT2D eigenvalue weighted by molar-refractivity contribution is -0.142. The fraction of sp³-hybridized carbons (Fsp3) is 0.714. The van der Waals surface area contributed by atoms with Gasteiger partial charge in [0.05, 0.1) is 12.5 Å². The zero-order valence-corrected chi connectivity index (χ0v) is 12.8. The standard InChI is InChI=1S/C14H22N4O5/c15-12(21)9(7-11(19)20)17-13(22)10-4-2-6-18(10)14(23)8-3-1-5-16-8/h8-10,16H,1-7H2,(H2,15,21)(H,17,22)(H,19,20)/t8-,9+,10?/m1/s1. The van der Waals surface area contributed by atoms with Crippen molar-refractivity contribution in [3.63, 3.8) is 0 Å². The highest BCUT2D eigenvalue weighted by Crippen LogP contribution is 2.21. The number of primary amides is 1. The van der Waals surface area contributed by atoms with Crippen LogP contribution in [0.1, 0.15) is 32.1 Å². The van der Waals surface area contributed by atoms with E-state index < -0.39 is 36.3 Å². The maximum atomic E-state index is 12.5. The number of carbonyl (C=O) groups is 4. The minimum Gasteiger partial charge on any atom is -0.481 e. The predicted molar refractivity (Wildman–Crippen MR) is 79.1 cm³/mol. The van der Waals surface area contributed by atoms with Crippen molar-refractivity contribution >= 4 is 23.7 Å². The van der Waals surface area contributed by atoms with Crippen molar-refractivity contribution in [1.29, 1.82) is 0 Å². The number of amides is 3. The highest BCUT2D eigenvalue weighted by molar-refractivity contribution is 5.94. The molecule has 2 aliphatic heterocycles. The second kappa shape index (κ2) is 7.40. The van der Waals surface area contributed by atoms with Gasteiger partial charge in [-0.15, -0.1) is 0 Å². The summed E-state index contributed by atoms with van der Waals surface area (Å²) in [6.07, 6.45) is 2.27. The van der Waals surface area contributed by atoms with Gasteiger partial charge in [0.2, 0.25) is 17.7 Å². The lowest BCUT2D eigenvalue weighted by atomic mass is 10.1. The first-order valence-corrected chi connectivity index (χ1v) is 7.75. The van der Waals surface area contributed by atoms with Crippen LogP contribution in [0.3, 0.4) is 0 Å². The van der Waals surface area contributed by atoms with E-state index in [9.17, 15) is 19.2 Å². The van der Waals surface area contributed by atoms with Crippen molar-refractivity contribution < 1.29 is 24.3 Å². The number of hydrogen-bond donors (Lipinski definition) is 4. The number of carboxylic acids is 1. The van der Waals surface area contributed by atoms with Gasteiger partial charge in [0.15, 0.2) is 0 Å². The molecule has 23 heavy (non-hydrogen) atoms. The number of carbonyl (C=O) groups excluding carboxylic acids is 3. The summed E-state index contributed by atoms with van der Waals surface area (Å²) in [5.74, 6) is -2.79. The summed E-state index contributed by atoms with van der Waals surface area (Å²) in [4.78, 5) is 48.3. The van der Waals surface area contributed by atoms with Crippen LogP contribution in [0.5, 0.6) is 0 Å². The van der Waals surface area contributed by atoms with Crippen LogP contribution in [0.4, 0.5) is 0 Å². The number of likely N-dealkylation sites (tertiary alicyclic amines) is 1. The molecule has 1 unspecified atom stereocenters. The molecule has 2 aliphatic rings. The summed E-state index contributed by atoms with van der Waals surface area (Å²) >= 11 is 0. The Bertz CT molecular complexity index is 503. The molecule has 2 rings (SSSR count). The normalized spacial score (nSPS) is 25.1. The summed E-state index contributed by atoms with van der Waals surface area (Å²) in [5.41, 5.74) is 5.12. The third-order valence-electron chi connectivity index (χ3n) is 4.24. The fourth-order valence-corrected chi connectivity index (χ4v) is 3.06. The number of nitrogens with two attached hydrogens (primary N) is 1. The molecule has 0 spiro atoms. The largest absolute Gasteiger partial charge is 0.481 e. The van der Waals surface area contributed by atoms with Crippen molar-refractivity contribution in [3.05, 3.63) is 0 Å². The van der Waals surface area contributed by atoms with Crippen LogP contribution >= 0.6 is 0 Å². The summed E-state index contributed by atoms with van der Waals surface area (Å²) in [7, 11) is 0. The Kier molecular flexibility index (Phi) is 5.54. The Morgan fingerprint density at radius 1 is 1.26 bits per heavy atom. The Hall–Kier alpha value is -2.16. The number of hydrogen-bond acceptors (Lipinski definition) is 5. The smallest absolute Gasteiger partial charge is 0.305 e. The number of aliphatic carboxylic acids is 1. The van der Waals surface area contributed by atoms with Crippen LogP contribution in [0.25, 0.3) is 0 Å². The minimum atomic E-state index is -1.28.